The average Bonchev–Trinajstić information content (AvgIpc) is 2.83. The SMILES string of the molecule is CCOC(=O)/N=C/c1ccc(/C=N/C(=O)OCC)[nH]1. The highest BCUT2D eigenvalue weighted by atomic mass is 16.5. The molecule has 1 heterocycles. The zero-order valence-electron chi connectivity index (χ0n) is 10.8. The highest BCUT2D eigenvalue weighted by molar-refractivity contribution is 5.91. The molecule has 0 aliphatic rings. The van der Waals surface area contributed by atoms with Gasteiger partial charge < -0.3 is 14.5 Å². The Morgan fingerprint density at radius 1 is 1.05 bits per heavy atom. The number of hydrogen-bond acceptors (Lipinski definition) is 4. The second kappa shape index (κ2) is 7.80. The monoisotopic (exact) mass is 265 g/mol. The number of hydrogen-bond donors (Lipinski definition) is 1. The van der Waals surface area contributed by atoms with Gasteiger partial charge in [-0.05, 0) is 26.0 Å². The van der Waals surface area contributed by atoms with Crippen LogP contribution >= 0.6 is 0 Å². The van der Waals surface area contributed by atoms with E-state index in [1.807, 2.05) is 0 Å². The molecular weight excluding hydrogens is 250 g/mol. The van der Waals surface area contributed by atoms with Crippen LogP contribution in [0.3, 0.4) is 0 Å². The van der Waals surface area contributed by atoms with Crippen LogP contribution in [-0.4, -0.2) is 42.8 Å². The van der Waals surface area contributed by atoms with E-state index in [1.165, 1.54) is 12.4 Å². The van der Waals surface area contributed by atoms with Crippen molar-refractivity contribution in [3.8, 4) is 0 Å². The number of aromatic nitrogens is 1. The molecule has 0 spiro atoms. The predicted octanol–water partition coefficient (Wildman–Crippen LogP) is 2.17. The molecule has 0 bridgehead atoms. The van der Waals surface area contributed by atoms with Gasteiger partial charge in [0.05, 0.1) is 37.0 Å². The van der Waals surface area contributed by atoms with Gasteiger partial charge in [-0.2, -0.15) is 9.98 Å². The summed E-state index contributed by atoms with van der Waals surface area (Å²) in [6.45, 7) is 3.95. The zero-order valence-corrected chi connectivity index (χ0v) is 10.8. The summed E-state index contributed by atoms with van der Waals surface area (Å²) in [6.07, 6.45) is 1.36. The molecule has 1 aromatic rings. The Morgan fingerprint density at radius 2 is 1.47 bits per heavy atom. The standard InChI is InChI=1S/C12H15N3O4/c1-3-18-11(16)13-7-9-5-6-10(15-9)8-14-12(17)19-4-2/h5-8,15H,3-4H2,1-2H3/b13-7+,14-8+. The van der Waals surface area contributed by atoms with Crippen molar-refractivity contribution < 1.29 is 19.1 Å². The number of aromatic amines is 1. The van der Waals surface area contributed by atoms with Crippen LogP contribution in [0.5, 0.6) is 0 Å². The summed E-state index contributed by atoms with van der Waals surface area (Å²) >= 11 is 0. The summed E-state index contributed by atoms with van der Waals surface area (Å²) in [5.41, 5.74) is 1.19. The summed E-state index contributed by atoms with van der Waals surface area (Å²) in [6, 6.07) is 3.38. The summed E-state index contributed by atoms with van der Waals surface area (Å²) < 4.78 is 9.28. The fraction of sp³-hybridized carbons (Fsp3) is 0.333. The first kappa shape index (κ1) is 14.6. The maximum Gasteiger partial charge on any atom is 0.433 e. The van der Waals surface area contributed by atoms with E-state index in [0.717, 1.165) is 0 Å². The van der Waals surface area contributed by atoms with E-state index < -0.39 is 12.2 Å². The lowest BCUT2D eigenvalue weighted by atomic mass is 10.4. The smallest absolute Gasteiger partial charge is 0.433 e. The van der Waals surface area contributed by atoms with Crippen molar-refractivity contribution in [2.24, 2.45) is 9.98 Å². The zero-order chi connectivity index (χ0) is 14.1. The van der Waals surface area contributed by atoms with Gasteiger partial charge in [-0.3, -0.25) is 0 Å². The van der Waals surface area contributed by atoms with Crippen LogP contribution in [0.2, 0.25) is 0 Å². The maximum atomic E-state index is 11.0. The van der Waals surface area contributed by atoms with Gasteiger partial charge in [0.1, 0.15) is 0 Å². The normalized spacial score (nSPS) is 11.1. The molecule has 7 heteroatoms. The Morgan fingerprint density at radius 3 is 1.84 bits per heavy atom. The van der Waals surface area contributed by atoms with E-state index in [0.29, 0.717) is 11.4 Å². The van der Waals surface area contributed by atoms with E-state index in [-0.39, 0.29) is 13.2 Å². The summed E-state index contributed by atoms with van der Waals surface area (Å²) in [5.74, 6) is 0. The predicted molar refractivity (Wildman–Crippen MR) is 70.0 cm³/mol. The fourth-order valence-electron chi connectivity index (χ4n) is 1.15. The Kier molecular flexibility index (Phi) is 6.00. The Labute approximate surface area is 110 Å². The number of nitrogens with one attached hydrogen (secondary N) is 1. The molecule has 1 N–H and O–H groups in total. The van der Waals surface area contributed by atoms with E-state index in [4.69, 9.17) is 0 Å². The molecule has 1 aromatic heterocycles. The van der Waals surface area contributed by atoms with Gasteiger partial charge in [-0.25, -0.2) is 9.59 Å². The molecule has 19 heavy (non-hydrogen) atoms. The quantitative estimate of drug-likeness (QED) is 0.844. The Hall–Kier alpha value is -2.44. The van der Waals surface area contributed by atoms with Crippen molar-refractivity contribution in [3.05, 3.63) is 23.5 Å². The number of rotatable bonds is 4. The van der Waals surface area contributed by atoms with Crippen LogP contribution in [0.4, 0.5) is 9.59 Å². The molecule has 0 fully saturated rings. The molecule has 2 amide bonds. The molecule has 1 rings (SSSR count). The lowest BCUT2D eigenvalue weighted by Crippen LogP contribution is -1.99. The van der Waals surface area contributed by atoms with Gasteiger partial charge in [-0.1, -0.05) is 0 Å². The van der Waals surface area contributed by atoms with Crippen molar-refractivity contribution in [2.45, 2.75) is 13.8 Å². The number of nitrogens with zero attached hydrogens (tertiary/aromatic N) is 2. The molecule has 0 atom stereocenters. The van der Waals surface area contributed by atoms with Gasteiger partial charge >= 0.3 is 12.2 Å². The number of ether oxygens (including phenoxy) is 2. The fourth-order valence-corrected chi connectivity index (χ4v) is 1.15. The second-order valence-electron chi connectivity index (χ2n) is 3.28. The number of H-pyrrole nitrogens is 1. The molecule has 0 aromatic carbocycles. The van der Waals surface area contributed by atoms with E-state index in [2.05, 4.69) is 24.4 Å². The van der Waals surface area contributed by atoms with Crippen molar-refractivity contribution in [1.82, 2.24) is 4.98 Å². The third-order valence-corrected chi connectivity index (χ3v) is 1.88. The lowest BCUT2D eigenvalue weighted by molar-refractivity contribution is 0.163. The summed E-state index contributed by atoms with van der Waals surface area (Å²) in [5, 5.41) is 0. The topological polar surface area (TPSA) is 93.1 Å². The average molecular weight is 265 g/mol. The van der Waals surface area contributed by atoms with Gasteiger partial charge in [-0.15, -0.1) is 0 Å². The summed E-state index contributed by atoms with van der Waals surface area (Å²) in [4.78, 5) is 32.0. The minimum Gasteiger partial charge on any atom is -0.448 e. The lowest BCUT2D eigenvalue weighted by Gasteiger charge is -1.93. The molecule has 0 unspecified atom stereocenters. The molecule has 0 saturated carbocycles. The minimum absolute atomic E-state index is 0.276. The Balaban J connectivity index is 2.57. The van der Waals surface area contributed by atoms with Crippen molar-refractivity contribution in [3.63, 3.8) is 0 Å². The minimum atomic E-state index is -0.654. The largest absolute Gasteiger partial charge is 0.448 e. The molecule has 0 radical (unpaired) electrons. The third kappa shape index (κ3) is 5.62. The first-order valence-corrected chi connectivity index (χ1v) is 5.76. The maximum absolute atomic E-state index is 11.0. The Bertz CT molecular complexity index is 448. The summed E-state index contributed by atoms with van der Waals surface area (Å²) in [7, 11) is 0. The van der Waals surface area contributed by atoms with Crippen LogP contribution in [0.15, 0.2) is 22.1 Å². The molecular formula is C12H15N3O4. The van der Waals surface area contributed by atoms with Crippen LogP contribution < -0.4 is 0 Å². The van der Waals surface area contributed by atoms with Crippen LogP contribution in [-0.2, 0) is 9.47 Å². The first-order chi connectivity index (χ1) is 9.15. The molecule has 0 saturated heterocycles. The number of carbonyl (C=O) groups is 2. The molecule has 7 nitrogen and oxygen atoms in total. The van der Waals surface area contributed by atoms with Gasteiger partial charge in [0, 0.05) is 0 Å². The van der Waals surface area contributed by atoms with Crippen LogP contribution in [0.25, 0.3) is 0 Å². The van der Waals surface area contributed by atoms with E-state index in [9.17, 15) is 9.59 Å². The molecule has 0 aliphatic heterocycles. The first-order valence-electron chi connectivity index (χ1n) is 5.76. The van der Waals surface area contributed by atoms with E-state index >= 15 is 0 Å². The van der Waals surface area contributed by atoms with Crippen molar-refractivity contribution in [2.75, 3.05) is 13.2 Å². The molecule has 0 aliphatic carbocycles. The number of amides is 2. The van der Waals surface area contributed by atoms with Gasteiger partial charge in [0.15, 0.2) is 0 Å². The van der Waals surface area contributed by atoms with Crippen molar-refractivity contribution >= 4 is 24.6 Å². The highest BCUT2D eigenvalue weighted by Crippen LogP contribution is 1.98. The highest BCUT2D eigenvalue weighted by Gasteiger charge is 1.99. The van der Waals surface area contributed by atoms with E-state index in [1.54, 1.807) is 26.0 Å². The van der Waals surface area contributed by atoms with Crippen LogP contribution in [0, 0.1) is 0 Å². The third-order valence-electron chi connectivity index (χ3n) is 1.88. The second-order valence-corrected chi connectivity index (χ2v) is 3.28. The number of carbonyl (C=O) groups excluding carboxylic acids is 2. The molecule has 102 valence electrons. The van der Waals surface area contributed by atoms with Gasteiger partial charge in [0.25, 0.3) is 0 Å². The van der Waals surface area contributed by atoms with Crippen LogP contribution in [0.1, 0.15) is 25.2 Å². The van der Waals surface area contributed by atoms with Crippen molar-refractivity contribution in [1.29, 1.82) is 0 Å². The number of aliphatic imine (C=N–C) groups is 2. The van der Waals surface area contributed by atoms with Gasteiger partial charge in [0.2, 0.25) is 0 Å².